The molecular formula is C19H18N4O3S. The number of ether oxygens (including phenoxy) is 2. The van der Waals surface area contributed by atoms with Gasteiger partial charge in [0.25, 0.3) is 0 Å². The molecule has 0 aliphatic heterocycles. The van der Waals surface area contributed by atoms with E-state index in [1.165, 1.54) is 11.8 Å². The van der Waals surface area contributed by atoms with Crippen molar-refractivity contribution in [1.29, 1.82) is 0 Å². The predicted octanol–water partition coefficient (Wildman–Crippen LogP) is 2.82. The van der Waals surface area contributed by atoms with Crippen LogP contribution >= 0.6 is 11.8 Å². The van der Waals surface area contributed by atoms with Gasteiger partial charge in [0.15, 0.2) is 17.1 Å². The predicted molar refractivity (Wildman–Crippen MR) is 104 cm³/mol. The van der Waals surface area contributed by atoms with E-state index in [9.17, 15) is 5.11 Å². The van der Waals surface area contributed by atoms with Gasteiger partial charge in [-0.25, -0.2) is 14.5 Å². The van der Waals surface area contributed by atoms with Gasteiger partial charge in [-0.05, 0) is 24.3 Å². The topological polar surface area (TPSA) is 81.8 Å². The molecule has 1 atom stereocenters. The minimum atomic E-state index is -0.665. The molecule has 1 N–H and O–H groups in total. The molecular weight excluding hydrogens is 364 g/mol. The highest BCUT2D eigenvalue weighted by Crippen LogP contribution is 2.26. The molecule has 138 valence electrons. The molecule has 4 rings (SSSR count). The number of nitrogens with zero attached hydrogens (tertiary/aromatic N) is 4. The lowest BCUT2D eigenvalue weighted by molar-refractivity contribution is 0.124. The third-order valence-electron chi connectivity index (χ3n) is 3.97. The largest absolute Gasteiger partial charge is 0.493 e. The van der Waals surface area contributed by atoms with Gasteiger partial charge in [0.05, 0.1) is 18.7 Å². The Morgan fingerprint density at radius 2 is 1.89 bits per heavy atom. The standard InChI is InChI=1S/C19H18N4O3S/c1-25-16-8-4-5-9-17(16)26-10-13(24)11-27-19-21-18-14-6-2-3-7-15(14)20-12-23(18)22-19/h2-9,12-13,24H,10-11H2,1H3/t13-/m1/s1. The maximum atomic E-state index is 10.2. The van der Waals surface area contributed by atoms with Crippen molar-refractivity contribution in [3.8, 4) is 11.5 Å². The fourth-order valence-corrected chi connectivity index (χ4v) is 3.40. The van der Waals surface area contributed by atoms with E-state index >= 15 is 0 Å². The zero-order valence-electron chi connectivity index (χ0n) is 14.6. The molecule has 0 fully saturated rings. The van der Waals surface area contributed by atoms with Gasteiger partial charge in [0.2, 0.25) is 5.16 Å². The minimum Gasteiger partial charge on any atom is -0.493 e. The van der Waals surface area contributed by atoms with Crippen molar-refractivity contribution in [2.45, 2.75) is 11.3 Å². The third kappa shape index (κ3) is 3.81. The second kappa shape index (κ2) is 7.81. The number of aromatic nitrogens is 4. The SMILES string of the molecule is COc1ccccc1OC[C@@H](O)CSc1nc2c3ccccc3ncn2n1. The van der Waals surface area contributed by atoms with Gasteiger partial charge in [-0.1, -0.05) is 36.0 Å². The van der Waals surface area contributed by atoms with Crippen LogP contribution in [0.25, 0.3) is 16.6 Å². The van der Waals surface area contributed by atoms with E-state index in [0.29, 0.717) is 22.4 Å². The van der Waals surface area contributed by atoms with Gasteiger partial charge in [0, 0.05) is 11.1 Å². The number of aliphatic hydroxyl groups is 1. The Balaban J connectivity index is 1.40. The number of hydrogen-bond acceptors (Lipinski definition) is 7. The average molecular weight is 382 g/mol. The van der Waals surface area contributed by atoms with Crippen LogP contribution < -0.4 is 9.47 Å². The van der Waals surface area contributed by atoms with Crippen LogP contribution in [0, 0.1) is 0 Å². The molecule has 0 saturated heterocycles. The molecule has 8 heteroatoms. The minimum absolute atomic E-state index is 0.158. The van der Waals surface area contributed by atoms with Crippen molar-refractivity contribution >= 4 is 28.3 Å². The number of methoxy groups -OCH3 is 1. The second-order valence-electron chi connectivity index (χ2n) is 5.85. The fourth-order valence-electron chi connectivity index (χ4n) is 2.66. The summed E-state index contributed by atoms with van der Waals surface area (Å²) >= 11 is 1.38. The lowest BCUT2D eigenvalue weighted by Gasteiger charge is -2.13. The van der Waals surface area contributed by atoms with Gasteiger partial charge in [-0.2, -0.15) is 0 Å². The summed E-state index contributed by atoms with van der Waals surface area (Å²) in [7, 11) is 1.59. The van der Waals surface area contributed by atoms with Crippen LogP contribution in [0.3, 0.4) is 0 Å². The van der Waals surface area contributed by atoms with Crippen molar-refractivity contribution in [1.82, 2.24) is 19.6 Å². The molecule has 7 nitrogen and oxygen atoms in total. The first-order chi connectivity index (χ1) is 13.2. The maximum Gasteiger partial charge on any atom is 0.209 e. The first-order valence-electron chi connectivity index (χ1n) is 8.41. The highest BCUT2D eigenvalue weighted by molar-refractivity contribution is 7.99. The molecule has 0 bridgehead atoms. The number of hydrogen-bond donors (Lipinski definition) is 1. The summed E-state index contributed by atoms with van der Waals surface area (Å²) in [6, 6.07) is 15.1. The van der Waals surface area contributed by atoms with Crippen LogP contribution in [-0.2, 0) is 0 Å². The number of benzene rings is 2. The van der Waals surface area contributed by atoms with Crippen LogP contribution in [0.5, 0.6) is 11.5 Å². The van der Waals surface area contributed by atoms with Crippen LogP contribution in [0.1, 0.15) is 0 Å². The molecule has 0 radical (unpaired) electrons. The first-order valence-corrected chi connectivity index (χ1v) is 9.40. The highest BCUT2D eigenvalue weighted by atomic mass is 32.2. The van der Waals surface area contributed by atoms with Gasteiger partial charge in [-0.3, -0.25) is 0 Å². The third-order valence-corrected chi connectivity index (χ3v) is 4.95. The van der Waals surface area contributed by atoms with Gasteiger partial charge in [-0.15, -0.1) is 5.10 Å². The Kier molecular flexibility index (Phi) is 5.08. The summed E-state index contributed by atoms with van der Waals surface area (Å²) in [6.07, 6.45) is 0.983. The lowest BCUT2D eigenvalue weighted by Crippen LogP contribution is -2.20. The number of rotatable bonds is 7. The summed E-state index contributed by atoms with van der Waals surface area (Å²) < 4.78 is 12.5. The summed E-state index contributed by atoms with van der Waals surface area (Å²) in [4.78, 5) is 8.93. The fraction of sp³-hybridized carbons (Fsp3) is 0.211. The van der Waals surface area contributed by atoms with E-state index in [1.807, 2.05) is 42.5 Å². The average Bonchev–Trinajstić information content (AvgIpc) is 3.14. The van der Waals surface area contributed by atoms with Crippen molar-refractivity contribution in [3.05, 3.63) is 54.9 Å². The molecule has 0 aliphatic rings. The Morgan fingerprint density at radius 3 is 2.74 bits per heavy atom. The highest BCUT2D eigenvalue weighted by Gasteiger charge is 2.13. The zero-order chi connectivity index (χ0) is 18.6. The molecule has 0 unspecified atom stereocenters. The summed E-state index contributed by atoms with van der Waals surface area (Å²) in [5.74, 6) is 1.66. The quantitative estimate of drug-likeness (QED) is 0.492. The van der Waals surface area contributed by atoms with E-state index in [-0.39, 0.29) is 6.61 Å². The Hall–Kier alpha value is -2.84. The van der Waals surface area contributed by atoms with Crippen LogP contribution in [0.2, 0.25) is 0 Å². The monoisotopic (exact) mass is 382 g/mol. The molecule has 0 aliphatic carbocycles. The maximum absolute atomic E-state index is 10.2. The van der Waals surface area contributed by atoms with E-state index in [0.717, 1.165) is 16.6 Å². The summed E-state index contributed by atoms with van der Waals surface area (Å²) in [5, 5.41) is 16.2. The van der Waals surface area contributed by atoms with Gasteiger partial charge >= 0.3 is 0 Å². The van der Waals surface area contributed by atoms with Crippen molar-refractivity contribution in [3.63, 3.8) is 0 Å². The molecule has 0 amide bonds. The van der Waals surface area contributed by atoms with E-state index in [2.05, 4.69) is 15.1 Å². The van der Waals surface area contributed by atoms with Crippen LogP contribution in [0.4, 0.5) is 0 Å². The van der Waals surface area contributed by atoms with Crippen LogP contribution in [-0.4, -0.2) is 50.3 Å². The van der Waals surface area contributed by atoms with Gasteiger partial charge < -0.3 is 14.6 Å². The number of fused-ring (bicyclic) bond motifs is 3. The van der Waals surface area contributed by atoms with Crippen molar-refractivity contribution in [2.24, 2.45) is 0 Å². The molecule has 2 heterocycles. The van der Waals surface area contributed by atoms with Gasteiger partial charge in [0.1, 0.15) is 12.9 Å². The Morgan fingerprint density at radius 1 is 1.11 bits per heavy atom. The zero-order valence-corrected chi connectivity index (χ0v) is 15.5. The number of para-hydroxylation sites is 3. The van der Waals surface area contributed by atoms with Crippen LogP contribution in [0.15, 0.2) is 60.0 Å². The molecule has 2 aromatic heterocycles. The molecule has 4 aromatic rings. The lowest BCUT2D eigenvalue weighted by atomic mass is 10.2. The smallest absolute Gasteiger partial charge is 0.209 e. The van der Waals surface area contributed by atoms with E-state index < -0.39 is 6.10 Å². The van der Waals surface area contributed by atoms with Crippen molar-refractivity contribution in [2.75, 3.05) is 19.5 Å². The summed E-state index contributed by atoms with van der Waals surface area (Å²) in [6.45, 7) is 0.158. The number of thioether (sulfide) groups is 1. The molecule has 27 heavy (non-hydrogen) atoms. The Labute approximate surface area is 160 Å². The number of aliphatic hydroxyl groups excluding tert-OH is 1. The van der Waals surface area contributed by atoms with E-state index in [4.69, 9.17) is 9.47 Å². The molecule has 2 aromatic carbocycles. The normalized spacial score (nSPS) is 12.4. The molecule has 0 saturated carbocycles. The Bertz CT molecular complexity index is 1070. The first kappa shape index (κ1) is 17.6. The molecule has 0 spiro atoms. The van der Waals surface area contributed by atoms with Crippen molar-refractivity contribution < 1.29 is 14.6 Å². The second-order valence-corrected chi connectivity index (χ2v) is 6.84. The summed E-state index contributed by atoms with van der Waals surface area (Å²) in [5.41, 5.74) is 1.63. The van der Waals surface area contributed by atoms with E-state index in [1.54, 1.807) is 24.0 Å².